The average Bonchev–Trinajstić information content (AvgIpc) is 1.84. The van der Waals surface area contributed by atoms with E-state index in [0.717, 1.165) is 8.04 Å². The summed E-state index contributed by atoms with van der Waals surface area (Å²) in [5.74, 6) is 0. The fraction of sp³-hybridized carbons (Fsp3) is 0.167. The topological polar surface area (TPSA) is 22.0 Å². The Bertz CT molecular complexity index is 307. The first-order valence-corrected chi connectivity index (χ1v) is 4.50. The van der Waals surface area contributed by atoms with E-state index >= 15 is 0 Å². The van der Waals surface area contributed by atoms with Gasteiger partial charge in [0.1, 0.15) is 0 Å². The van der Waals surface area contributed by atoms with Crippen LogP contribution in [0.2, 0.25) is 0 Å². The van der Waals surface area contributed by atoms with Crippen molar-refractivity contribution in [3.8, 4) is 0 Å². The Labute approximate surface area is 80.5 Å². The molecule has 54 valence electrons. The number of rotatable bonds is 0. The lowest BCUT2D eigenvalue weighted by Crippen LogP contribution is -2.14. The summed E-state index contributed by atoms with van der Waals surface area (Å²) in [6.45, 7) is 0. The molecule has 1 rings (SSSR count). The molecule has 1 heterocycles. The maximum absolute atomic E-state index is 10.9. The third-order valence-electron chi connectivity index (χ3n) is 1.13. The number of halogens is 2. The van der Waals surface area contributed by atoms with E-state index in [4.69, 9.17) is 0 Å². The molecule has 0 fully saturated rings. The maximum Gasteiger partial charge on any atom is 0.251 e. The first kappa shape index (κ1) is 8.26. The number of nitrogens with zero attached hydrogens (tertiary/aromatic N) is 1. The van der Waals surface area contributed by atoms with Crippen LogP contribution in [0.25, 0.3) is 0 Å². The second-order valence-electron chi connectivity index (χ2n) is 1.92. The standard InChI is InChI=1S/C6H5BrINO/c1-9-3-4(7)5(8)2-6(9)10/h2-3H,1H3. The van der Waals surface area contributed by atoms with E-state index in [9.17, 15) is 4.79 Å². The van der Waals surface area contributed by atoms with Gasteiger partial charge in [-0.25, -0.2) is 0 Å². The smallest absolute Gasteiger partial charge is 0.251 e. The fourth-order valence-electron chi connectivity index (χ4n) is 0.574. The van der Waals surface area contributed by atoms with Gasteiger partial charge >= 0.3 is 0 Å². The molecule has 0 spiro atoms. The third kappa shape index (κ3) is 1.60. The highest BCUT2D eigenvalue weighted by molar-refractivity contribution is 14.1. The van der Waals surface area contributed by atoms with Crippen molar-refractivity contribution < 1.29 is 0 Å². The van der Waals surface area contributed by atoms with Crippen LogP contribution in [0.5, 0.6) is 0 Å². The van der Waals surface area contributed by atoms with Crippen LogP contribution >= 0.6 is 38.5 Å². The van der Waals surface area contributed by atoms with Crippen molar-refractivity contribution in [3.05, 3.63) is 30.7 Å². The van der Waals surface area contributed by atoms with Gasteiger partial charge < -0.3 is 4.57 Å². The monoisotopic (exact) mass is 313 g/mol. The lowest BCUT2D eigenvalue weighted by atomic mass is 10.5. The van der Waals surface area contributed by atoms with Crippen molar-refractivity contribution in [3.63, 3.8) is 0 Å². The highest BCUT2D eigenvalue weighted by Gasteiger charge is 1.97. The second-order valence-corrected chi connectivity index (χ2v) is 3.93. The minimum absolute atomic E-state index is 0.0209. The summed E-state index contributed by atoms with van der Waals surface area (Å²) in [5, 5.41) is 0. The lowest BCUT2D eigenvalue weighted by Gasteiger charge is -1.98. The van der Waals surface area contributed by atoms with Gasteiger partial charge in [0.05, 0.1) is 0 Å². The van der Waals surface area contributed by atoms with Crippen LogP contribution in [0, 0.1) is 3.57 Å². The van der Waals surface area contributed by atoms with Gasteiger partial charge in [-0.1, -0.05) is 0 Å². The molecule has 0 N–H and O–H groups in total. The Morgan fingerprint density at radius 1 is 1.70 bits per heavy atom. The highest BCUT2D eigenvalue weighted by Crippen LogP contribution is 2.14. The van der Waals surface area contributed by atoms with Gasteiger partial charge in [0.15, 0.2) is 0 Å². The molecule has 10 heavy (non-hydrogen) atoms. The van der Waals surface area contributed by atoms with E-state index in [2.05, 4.69) is 38.5 Å². The maximum atomic E-state index is 10.9. The molecule has 1 aromatic rings. The molecule has 0 bridgehead atoms. The Balaban J connectivity index is 3.43. The zero-order chi connectivity index (χ0) is 7.72. The third-order valence-corrected chi connectivity index (χ3v) is 3.40. The molecule has 2 nitrogen and oxygen atoms in total. The summed E-state index contributed by atoms with van der Waals surface area (Å²) < 4.78 is 3.43. The van der Waals surface area contributed by atoms with Gasteiger partial charge in [0.25, 0.3) is 5.56 Å². The summed E-state index contributed by atoms with van der Waals surface area (Å²) in [6.07, 6.45) is 1.75. The van der Waals surface area contributed by atoms with E-state index in [1.54, 1.807) is 19.3 Å². The van der Waals surface area contributed by atoms with Gasteiger partial charge in [0.2, 0.25) is 0 Å². The van der Waals surface area contributed by atoms with Crippen LogP contribution in [-0.2, 0) is 7.05 Å². The van der Waals surface area contributed by atoms with E-state index in [0.29, 0.717) is 0 Å². The largest absolute Gasteiger partial charge is 0.317 e. The molecule has 0 aliphatic heterocycles. The fourth-order valence-corrected chi connectivity index (χ4v) is 1.40. The predicted molar refractivity (Wildman–Crippen MR) is 52.1 cm³/mol. The van der Waals surface area contributed by atoms with Crippen LogP contribution in [-0.4, -0.2) is 4.57 Å². The Morgan fingerprint density at radius 3 is 2.80 bits per heavy atom. The molecule has 0 unspecified atom stereocenters. The SMILES string of the molecule is Cn1cc(Br)c(I)cc1=O. The molecule has 0 saturated carbocycles. The molecule has 0 amide bonds. The van der Waals surface area contributed by atoms with E-state index < -0.39 is 0 Å². The van der Waals surface area contributed by atoms with Crippen LogP contribution in [0.3, 0.4) is 0 Å². The van der Waals surface area contributed by atoms with E-state index in [1.807, 2.05) is 0 Å². The molecular formula is C6H5BrINO. The number of pyridine rings is 1. The Morgan fingerprint density at radius 2 is 2.30 bits per heavy atom. The van der Waals surface area contributed by atoms with Crippen molar-refractivity contribution >= 4 is 38.5 Å². The summed E-state index contributed by atoms with van der Waals surface area (Å²) in [6, 6.07) is 1.59. The normalized spacial score (nSPS) is 9.90. The molecule has 1 aromatic heterocycles. The van der Waals surface area contributed by atoms with Gasteiger partial charge in [-0.05, 0) is 38.5 Å². The van der Waals surface area contributed by atoms with E-state index in [1.165, 1.54) is 4.57 Å². The number of aromatic nitrogens is 1. The minimum atomic E-state index is 0.0209. The Hall–Kier alpha value is 0.160. The number of aryl methyl sites for hydroxylation is 1. The number of hydrogen-bond donors (Lipinski definition) is 0. The van der Waals surface area contributed by atoms with Crippen molar-refractivity contribution in [1.82, 2.24) is 4.57 Å². The van der Waals surface area contributed by atoms with Gasteiger partial charge in [-0.3, -0.25) is 4.79 Å². The van der Waals surface area contributed by atoms with Crippen molar-refractivity contribution in [2.24, 2.45) is 7.05 Å². The van der Waals surface area contributed by atoms with Crippen molar-refractivity contribution in [2.75, 3.05) is 0 Å². The van der Waals surface area contributed by atoms with Crippen LogP contribution < -0.4 is 5.56 Å². The van der Waals surface area contributed by atoms with Gasteiger partial charge in [0, 0.05) is 27.4 Å². The molecule has 4 heteroatoms. The average molecular weight is 314 g/mol. The van der Waals surface area contributed by atoms with Crippen molar-refractivity contribution in [2.45, 2.75) is 0 Å². The van der Waals surface area contributed by atoms with Crippen LogP contribution in [0.4, 0.5) is 0 Å². The highest BCUT2D eigenvalue weighted by atomic mass is 127. The van der Waals surface area contributed by atoms with Crippen molar-refractivity contribution in [1.29, 1.82) is 0 Å². The predicted octanol–water partition coefficient (Wildman–Crippen LogP) is 1.75. The second kappa shape index (κ2) is 3.04. The van der Waals surface area contributed by atoms with E-state index in [-0.39, 0.29) is 5.56 Å². The zero-order valence-corrected chi connectivity index (χ0v) is 9.01. The molecule has 0 aliphatic carbocycles. The molecule has 0 aliphatic rings. The molecule has 0 saturated heterocycles. The van der Waals surface area contributed by atoms with Gasteiger partial charge in [-0.2, -0.15) is 0 Å². The number of hydrogen-bond acceptors (Lipinski definition) is 1. The quantitative estimate of drug-likeness (QED) is 0.669. The van der Waals surface area contributed by atoms with Crippen LogP contribution in [0.15, 0.2) is 21.5 Å². The summed E-state index contributed by atoms with van der Waals surface area (Å²) in [7, 11) is 1.73. The summed E-state index contributed by atoms with van der Waals surface area (Å²) >= 11 is 5.42. The molecule has 0 radical (unpaired) electrons. The lowest BCUT2D eigenvalue weighted by molar-refractivity contribution is 0.852. The van der Waals surface area contributed by atoms with Gasteiger partial charge in [-0.15, -0.1) is 0 Å². The summed E-state index contributed by atoms with van der Waals surface area (Å²) in [4.78, 5) is 10.9. The summed E-state index contributed by atoms with van der Waals surface area (Å²) in [5.41, 5.74) is 0.0209. The Kier molecular flexibility index (Phi) is 2.51. The first-order valence-electron chi connectivity index (χ1n) is 2.63. The minimum Gasteiger partial charge on any atom is -0.317 e. The molecule has 0 aromatic carbocycles. The van der Waals surface area contributed by atoms with Crippen LogP contribution in [0.1, 0.15) is 0 Å². The zero-order valence-electron chi connectivity index (χ0n) is 5.27. The molecular weight excluding hydrogens is 309 g/mol. The molecule has 0 atom stereocenters. The first-order chi connectivity index (χ1) is 4.61.